The second-order valence-electron chi connectivity index (χ2n) is 5.26. The molecule has 1 fully saturated rings. The third-order valence-corrected chi connectivity index (χ3v) is 5.09. The summed E-state index contributed by atoms with van der Waals surface area (Å²) >= 11 is 7.42. The van der Waals surface area contributed by atoms with Gasteiger partial charge in [0.2, 0.25) is 0 Å². The van der Waals surface area contributed by atoms with Crippen molar-refractivity contribution in [2.24, 2.45) is 0 Å². The van der Waals surface area contributed by atoms with Crippen LogP contribution < -0.4 is 4.90 Å². The minimum Gasteiger partial charge on any atom is -0.480 e. The number of hydrogen-bond acceptors (Lipinski definition) is 4. The number of halogens is 1. The third kappa shape index (κ3) is 3.27. The zero-order valence-electron chi connectivity index (χ0n) is 12.0. The lowest BCUT2D eigenvalue weighted by Gasteiger charge is -2.38. The van der Waals surface area contributed by atoms with E-state index in [1.165, 1.54) is 11.3 Å². The molecule has 1 aromatic carbocycles. The summed E-state index contributed by atoms with van der Waals surface area (Å²) in [5.74, 6) is -0.776. The molecule has 1 N–H and O–H groups in total. The molecule has 0 bridgehead atoms. The van der Waals surface area contributed by atoms with Crippen LogP contribution in [0, 0.1) is 0 Å². The summed E-state index contributed by atoms with van der Waals surface area (Å²) in [6, 6.07) is 11.0. The molecular formula is C16H17ClN2O2S. The van der Waals surface area contributed by atoms with Gasteiger partial charge in [-0.3, -0.25) is 9.69 Å². The minimum atomic E-state index is -0.776. The summed E-state index contributed by atoms with van der Waals surface area (Å²) in [6.45, 7) is 3.10. The van der Waals surface area contributed by atoms with Crippen molar-refractivity contribution in [2.75, 3.05) is 31.1 Å². The lowest BCUT2D eigenvalue weighted by molar-refractivity contribution is -0.143. The molecule has 1 saturated heterocycles. The van der Waals surface area contributed by atoms with Gasteiger partial charge in [-0.25, -0.2) is 0 Å². The van der Waals surface area contributed by atoms with E-state index in [0.717, 1.165) is 41.8 Å². The number of piperazine rings is 1. The first-order valence-corrected chi connectivity index (χ1v) is 8.41. The van der Waals surface area contributed by atoms with E-state index in [-0.39, 0.29) is 0 Å². The van der Waals surface area contributed by atoms with Crippen molar-refractivity contribution in [2.45, 2.75) is 6.04 Å². The van der Waals surface area contributed by atoms with Gasteiger partial charge >= 0.3 is 5.97 Å². The molecule has 1 aliphatic heterocycles. The number of benzene rings is 1. The number of carboxylic acid groups (broad SMARTS) is 1. The van der Waals surface area contributed by atoms with E-state index >= 15 is 0 Å². The van der Waals surface area contributed by atoms with Crippen molar-refractivity contribution < 1.29 is 9.90 Å². The van der Waals surface area contributed by atoms with Gasteiger partial charge in [-0.1, -0.05) is 17.7 Å². The zero-order chi connectivity index (χ0) is 15.5. The van der Waals surface area contributed by atoms with Crippen molar-refractivity contribution >= 4 is 34.6 Å². The van der Waals surface area contributed by atoms with Crippen LogP contribution >= 0.6 is 22.9 Å². The molecule has 0 aliphatic carbocycles. The number of carboxylic acids is 1. The Labute approximate surface area is 138 Å². The first-order chi connectivity index (χ1) is 10.6. The van der Waals surface area contributed by atoms with Crippen LogP contribution in [0.15, 0.2) is 41.8 Å². The molecule has 0 amide bonds. The highest BCUT2D eigenvalue weighted by Gasteiger charge is 2.30. The van der Waals surface area contributed by atoms with Crippen LogP contribution in [0.1, 0.15) is 10.9 Å². The molecule has 4 nitrogen and oxygen atoms in total. The molecule has 1 atom stereocenters. The molecule has 2 aromatic rings. The Morgan fingerprint density at radius 2 is 1.82 bits per heavy atom. The predicted octanol–water partition coefficient (Wildman–Crippen LogP) is 3.35. The lowest BCUT2D eigenvalue weighted by Crippen LogP contribution is -2.49. The minimum absolute atomic E-state index is 0.535. The van der Waals surface area contributed by atoms with Crippen LogP contribution in [0.2, 0.25) is 5.02 Å². The van der Waals surface area contributed by atoms with E-state index in [4.69, 9.17) is 11.6 Å². The number of hydrogen-bond donors (Lipinski definition) is 1. The SMILES string of the molecule is O=C(O)[C@@H](c1cccs1)N1CCN(c2ccc(Cl)cc2)CC1. The molecule has 0 radical (unpaired) electrons. The molecule has 2 heterocycles. The topological polar surface area (TPSA) is 43.8 Å². The molecule has 0 saturated carbocycles. The van der Waals surface area contributed by atoms with Gasteiger partial charge < -0.3 is 10.0 Å². The van der Waals surface area contributed by atoms with E-state index in [1.807, 2.05) is 46.7 Å². The van der Waals surface area contributed by atoms with E-state index < -0.39 is 12.0 Å². The van der Waals surface area contributed by atoms with Crippen LogP contribution in [0.3, 0.4) is 0 Å². The van der Waals surface area contributed by atoms with Crippen LogP contribution in [0.25, 0.3) is 0 Å². The summed E-state index contributed by atoms with van der Waals surface area (Å²) in [6.07, 6.45) is 0. The molecule has 1 aromatic heterocycles. The average Bonchev–Trinajstić information content (AvgIpc) is 3.03. The smallest absolute Gasteiger partial charge is 0.326 e. The van der Waals surface area contributed by atoms with E-state index in [0.29, 0.717) is 0 Å². The van der Waals surface area contributed by atoms with Gasteiger partial charge in [0.25, 0.3) is 0 Å². The summed E-state index contributed by atoms with van der Waals surface area (Å²) < 4.78 is 0. The molecule has 0 spiro atoms. The van der Waals surface area contributed by atoms with E-state index in [9.17, 15) is 9.90 Å². The average molecular weight is 337 g/mol. The van der Waals surface area contributed by atoms with Gasteiger partial charge in [-0.05, 0) is 35.7 Å². The fraction of sp³-hybridized carbons (Fsp3) is 0.312. The van der Waals surface area contributed by atoms with Crippen LogP contribution in [0.4, 0.5) is 5.69 Å². The van der Waals surface area contributed by atoms with Crippen molar-refractivity contribution in [1.82, 2.24) is 4.90 Å². The van der Waals surface area contributed by atoms with Crippen LogP contribution in [0.5, 0.6) is 0 Å². The first-order valence-electron chi connectivity index (χ1n) is 7.16. The second-order valence-corrected chi connectivity index (χ2v) is 6.67. The van der Waals surface area contributed by atoms with Gasteiger partial charge in [0, 0.05) is 41.8 Å². The van der Waals surface area contributed by atoms with Crippen LogP contribution in [-0.2, 0) is 4.79 Å². The molecule has 3 rings (SSSR count). The normalized spacial score (nSPS) is 17.4. The molecule has 116 valence electrons. The number of anilines is 1. The maximum atomic E-state index is 11.6. The standard InChI is InChI=1S/C16H17ClN2O2S/c17-12-3-5-13(6-4-12)18-7-9-19(10-8-18)15(16(20)21)14-2-1-11-22-14/h1-6,11,15H,7-10H2,(H,20,21)/t15-/m1/s1. The Morgan fingerprint density at radius 3 is 2.36 bits per heavy atom. The van der Waals surface area contributed by atoms with Gasteiger partial charge in [0.15, 0.2) is 0 Å². The Balaban J connectivity index is 1.68. The summed E-state index contributed by atoms with van der Waals surface area (Å²) in [5, 5.41) is 12.2. The molecule has 6 heteroatoms. The van der Waals surface area contributed by atoms with Gasteiger partial charge in [-0.15, -0.1) is 11.3 Å². The second kappa shape index (κ2) is 6.69. The van der Waals surface area contributed by atoms with Crippen molar-refractivity contribution in [3.8, 4) is 0 Å². The number of nitrogens with zero attached hydrogens (tertiary/aromatic N) is 2. The van der Waals surface area contributed by atoms with Gasteiger partial charge in [0.1, 0.15) is 6.04 Å². The van der Waals surface area contributed by atoms with Gasteiger partial charge in [-0.2, -0.15) is 0 Å². The molecular weight excluding hydrogens is 320 g/mol. The quantitative estimate of drug-likeness (QED) is 0.930. The van der Waals surface area contributed by atoms with Crippen molar-refractivity contribution in [3.63, 3.8) is 0 Å². The maximum Gasteiger partial charge on any atom is 0.326 e. The van der Waals surface area contributed by atoms with E-state index in [2.05, 4.69) is 4.90 Å². The Morgan fingerprint density at radius 1 is 1.14 bits per heavy atom. The lowest BCUT2D eigenvalue weighted by atomic mass is 10.1. The summed E-state index contributed by atoms with van der Waals surface area (Å²) in [5.41, 5.74) is 1.13. The third-order valence-electron chi connectivity index (χ3n) is 3.92. The number of aliphatic carboxylic acids is 1. The molecule has 0 unspecified atom stereocenters. The molecule has 22 heavy (non-hydrogen) atoms. The maximum absolute atomic E-state index is 11.6. The van der Waals surface area contributed by atoms with E-state index in [1.54, 1.807) is 0 Å². The summed E-state index contributed by atoms with van der Waals surface area (Å²) in [7, 11) is 0. The van der Waals surface area contributed by atoms with Gasteiger partial charge in [0.05, 0.1) is 0 Å². The zero-order valence-corrected chi connectivity index (χ0v) is 13.6. The highest BCUT2D eigenvalue weighted by Crippen LogP contribution is 2.28. The number of rotatable bonds is 4. The highest BCUT2D eigenvalue weighted by atomic mass is 35.5. The number of carbonyl (C=O) groups is 1. The fourth-order valence-electron chi connectivity index (χ4n) is 2.79. The predicted molar refractivity (Wildman–Crippen MR) is 89.9 cm³/mol. The fourth-order valence-corrected chi connectivity index (χ4v) is 3.77. The molecule has 1 aliphatic rings. The van der Waals surface area contributed by atoms with Crippen molar-refractivity contribution in [3.05, 3.63) is 51.7 Å². The monoisotopic (exact) mass is 336 g/mol. The Kier molecular flexibility index (Phi) is 4.66. The number of thiophene rings is 1. The van der Waals surface area contributed by atoms with Crippen LogP contribution in [-0.4, -0.2) is 42.2 Å². The first kappa shape index (κ1) is 15.3. The van der Waals surface area contributed by atoms with Crippen molar-refractivity contribution in [1.29, 1.82) is 0 Å². The highest BCUT2D eigenvalue weighted by molar-refractivity contribution is 7.10. The Hall–Kier alpha value is -1.56. The largest absolute Gasteiger partial charge is 0.480 e. The Bertz CT molecular complexity index is 622. The summed E-state index contributed by atoms with van der Waals surface area (Å²) in [4.78, 5) is 16.8.